The van der Waals surface area contributed by atoms with E-state index in [2.05, 4.69) is 10.3 Å². The molecule has 0 saturated heterocycles. The lowest BCUT2D eigenvalue weighted by molar-refractivity contribution is 0.593. The van der Waals surface area contributed by atoms with Crippen molar-refractivity contribution in [3.63, 3.8) is 0 Å². The highest BCUT2D eigenvalue weighted by atomic mass is 35.5. The van der Waals surface area contributed by atoms with Gasteiger partial charge in [-0.15, -0.1) is 0 Å². The average Bonchev–Trinajstić information content (AvgIpc) is 2.47. The van der Waals surface area contributed by atoms with Crippen LogP contribution in [0.1, 0.15) is 16.7 Å². The molecule has 1 aromatic heterocycles. The summed E-state index contributed by atoms with van der Waals surface area (Å²) >= 11 is 6.41. The van der Waals surface area contributed by atoms with E-state index in [0.29, 0.717) is 17.1 Å². The summed E-state index contributed by atoms with van der Waals surface area (Å²) < 4.78 is 23.4. The Balaban J connectivity index is 2.29. The molecule has 1 aliphatic rings. The number of aromatic nitrogens is 1. The smallest absolute Gasteiger partial charge is 0.255 e. The van der Waals surface area contributed by atoms with Crippen LogP contribution in [0.25, 0.3) is 11.1 Å². The van der Waals surface area contributed by atoms with Gasteiger partial charge in [0.2, 0.25) is 0 Å². The number of benzene rings is 1. The SMILES string of the molecule is Cc1c(-c2c(Cl)ccc3c2CNCC3)ccnc1S(N)(=O)=O. The molecule has 1 aliphatic heterocycles. The van der Waals surface area contributed by atoms with Crippen LogP contribution in [0.2, 0.25) is 5.02 Å². The molecule has 1 aromatic carbocycles. The van der Waals surface area contributed by atoms with Gasteiger partial charge in [0.15, 0.2) is 5.03 Å². The van der Waals surface area contributed by atoms with Crippen molar-refractivity contribution in [3.8, 4) is 11.1 Å². The van der Waals surface area contributed by atoms with E-state index in [9.17, 15) is 8.42 Å². The number of nitrogens with one attached hydrogen (secondary N) is 1. The van der Waals surface area contributed by atoms with Gasteiger partial charge in [-0.1, -0.05) is 17.7 Å². The maximum Gasteiger partial charge on any atom is 0.255 e. The summed E-state index contributed by atoms with van der Waals surface area (Å²) in [5.41, 5.74) is 4.46. The van der Waals surface area contributed by atoms with Crippen molar-refractivity contribution < 1.29 is 8.42 Å². The first-order valence-corrected chi connectivity index (χ1v) is 8.82. The first kappa shape index (κ1) is 15.4. The number of primary sulfonamides is 1. The standard InChI is InChI=1S/C15H16ClN3O2S/c1-9-11(5-7-19-15(9)22(17,20)21)14-12-8-18-6-4-10(12)2-3-13(14)16/h2-3,5,7,18H,4,6,8H2,1H3,(H2,17,20,21). The number of hydrogen-bond donors (Lipinski definition) is 2. The van der Waals surface area contributed by atoms with E-state index in [0.717, 1.165) is 29.7 Å². The molecule has 2 aromatic rings. The van der Waals surface area contributed by atoms with E-state index in [1.165, 1.54) is 11.8 Å². The summed E-state index contributed by atoms with van der Waals surface area (Å²) in [7, 11) is -3.87. The number of fused-ring (bicyclic) bond motifs is 1. The maximum absolute atomic E-state index is 11.7. The Bertz CT molecular complexity index is 850. The van der Waals surface area contributed by atoms with E-state index in [1.54, 1.807) is 13.0 Å². The molecule has 0 unspecified atom stereocenters. The molecule has 3 rings (SSSR count). The van der Waals surface area contributed by atoms with E-state index >= 15 is 0 Å². The van der Waals surface area contributed by atoms with Gasteiger partial charge < -0.3 is 5.32 Å². The summed E-state index contributed by atoms with van der Waals surface area (Å²) in [4.78, 5) is 3.91. The van der Waals surface area contributed by atoms with Gasteiger partial charge in [-0.25, -0.2) is 18.5 Å². The van der Waals surface area contributed by atoms with Gasteiger partial charge in [0.25, 0.3) is 10.0 Å². The summed E-state index contributed by atoms with van der Waals surface area (Å²) in [5.74, 6) is 0. The van der Waals surface area contributed by atoms with Gasteiger partial charge in [-0.3, -0.25) is 0 Å². The molecule has 116 valence electrons. The van der Waals surface area contributed by atoms with Crippen molar-refractivity contribution in [1.82, 2.24) is 10.3 Å². The number of halogens is 1. The lowest BCUT2D eigenvalue weighted by Gasteiger charge is -2.22. The molecule has 0 spiro atoms. The molecule has 7 heteroatoms. The third kappa shape index (κ3) is 2.63. The highest BCUT2D eigenvalue weighted by molar-refractivity contribution is 7.89. The molecular weight excluding hydrogens is 322 g/mol. The van der Waals surface area contributed by atoms with E-state index in [1.807, 2.05) is 12.1 Å². The zero-order valence-electron chi connectivity index (χ0n) is 12.1. The first-order chi connectivity index (χ1) is 10.4. The molecule has 0 radical (unpaired) electrons. The van der Waals surface area contributed by atoms with Crippen LogP contribution < -0.4 is 10.5 Å². The van der Waals surface area contributed by atoms with E-state index < -0.39 is 10.0 Å². The predicted molar refractivity (Wildman–Crippen MR) is 86.2 cm³/mol. The number of nitrogens with zero attached hydrogens (tertiary/aromatic N) is 1. The van der Waals surface area contributed by atoms with Crippen LogP contribution in [0.4, 0.5) is 0 Å². The quantitative estimate of drug-likeness (QED) is 0.877. The van der Waals surface area contributed by atoms with Crippen LogP contribution in [0.3, 0.4) is 0 Å². The minimum absolute atomic E-state index is 0.109. The molecule has 0 fully saturated rings. The highest BCUT2D eigenvalue weighted by Gasteiger charge is 2.22. The van der Waals surface area contributed by atoms with Crippen molar-refractivity contribution in [1.29, 1.82) is 0 Å². The zero-order valence-corrected chi connectivity index (χ0v) is 13.6. The minimum atomic E-state index is -3.87. The van der Waals surface area contributed by atoms with Gasteiger partial charge in [0, 0.05) is 23.3 Å². The van der Waals surface area contributed by atoms with Crippen molar-refractivity contribution in [2.45, 2.75) is 24.9 Å². The second-order valence-electron chi connectivity index (χ2n) is 5.32. The normalized spacial score (nSPS) is 14.7. The van der Waals surface area contributed by atoms with Crippen LogP contribution in [-0.2, 0) is 23.0 Å². The Morgan fingerprint density at radius 1 is 1.32 bits per heavy atom. The summed E-state index contributed by atoms with van der Waals surface area (Å²) in [5, 5.41) is 9.06. The monoisotopic (exact) mass is 337 g/mol. The second kappa shape index (κ2) is 5.62. The third-order valence-electron chi connectivity index (χ3n) is 3.93. The molecular formula is C15H16ClN3O2S. The topological polar surface area (TPSA) is 85.1 Å². The fourth-order valence-corrected chi connectivity index (χ4v) is 3.92. The minimum Gasteiger partial charge on any atom is -0.312 e. The van der Waals surface area contributed by atoms with Crippen LogP contribution in [0.15, 0.2) is 29.4 Å². The van der Waals surface area contributed by atoms with Crippen LogP contribution in [-0.4, -0.2) is 19.9 Å². The molecule has 22 heavy (non-hydrogen) atoms. The zero-order chi connectivity index (χ0) is 15.9. The molecule has 0 bridgehead atoms. The van der Waals surface area contributed by atoms with Gasteiger partial charge >= 0.3 is 0 Å². The first-order valence-electron chi connectivity index (χ1n) is 6.89. The van der Waals surface area contributed by atoms with Gasteiger partial charge in [0.05, 0.1) is 0 Å². The third-order valence-corrected chi connectivity index (χ3v) is 5.19. The molecule has 2 heterocycles. The van der Waals surface area contributed by atoms with Gasteiger partial charge in [-0.2, -0.15) is 0 Å². The van der Waals surface area contributed by atoms with Crippen molar-refractivity contribution in [3.05, 3.63) is 46.1 Å². The Morgan fingerprint density at radius 3 is 2.82 bits per heavy atom. The number of sulfonamides is 1. The lowest BCUT2D eigenvalue weighted by Crippen LogP contribution is -2.24. The van der Waals surface area contributed by atoms with Gasteiger partial charge in [-0.05, 0) is 54.3 Å². The van der Waals surface area contributed by atoms with Crippen LogP contribution in [0, 0.1) is 6.92 Å². The second-order valence-corrected chi connectivity index (χ2v) is 7.20. The van der Waals surface area contributed by atoms with E-state index in [4.69, 9.17) is 16.7 Å². The molecule has 5 nitrogen and oxygen atoms in total. The molecule has 0 atom stereocenters. The molecule has 3 N–H and O–H groups in total. The predicted octanol–water partition coefficient (Wildman–Crippen LogP) is 2.00. The lowest BCUT2D eigenvalue weighted by atomic mass is 9.90. The van der Waals surface area contributed by atoms with E-state index in [-0.39, 0.29) is 5.03 Å². The maximum atomic E-state index is 11.7. The highest BCUT2D eigenvalue weighted by Crippen LogP contribution is 2.37. The van der Waals surface area contributed by atoms with Crippen molar-refractivity contribution in [2.75, 3.05) is 6.54 Å². The van der Waals surface area contributed by atoms with Crippen LogP contribution >= 0.6 is 11.6 Å². The molecule has 0 amide bonds. The summed E-state index contributed by atoms with van der Waals surface area (Å²) in [6, 6.07) is 5.66. The summed E-state index contributed by atoms with van der Waals surface area (Å²) in [6.07, 6.45) is 2.37. The van der Waals surface area contributed by atoms with Crippen molar-refractivity contribution >= 4 is 21.6 Å². The summed E-state index contributed by atoms with van der Waals surface area (Å²) in [6.45, 7) is 3.33. The largest absolute Gasteiger partial charge is 0.312 e. The number of nitrogens with two attached hydrogens (primary N) is 1. The molecule has 0 saturated carbocycles. The number of rotatable bonds is 2. The Labute approximate surface area is 134 Å². The number of hydrogen-bond acceptors (Lipinski definition) is 4. The fourth-order valence-electron chi connectivity index (χ4n) is 2.90. The fraction of sp³-hybridized carbons (Fsp3) is 0.267. The number of pyridine rings is 1. The Hall–Kier alpha value is -1.47. The Kier molecular flexibility index (Phi) is 3.94. The Morgan fingerprint density at radius 2 is 2.09 bits per heavy atom. The van der Waals surface area contributed by atoms with Crippen LogP contribution in [0.5, 0.6) is 0 Å². The van der Waals surface area contributed by atoms with Crippen molar-refractivity contribution in [2.24, 2.45) is 5.14 Å². The average molecular weight is 338 g/mol. The van der Waals surface area contributed by atoms with Gasteiger partial charge in [0.1, 0.15) is 0 Å². The molecule has 0 aliphatic carbocycles.